The van der Waals surface area contributed by atoms with Crippen LogP contribution in [0.2, 0.25) is 0 Å². The second kappa shape index (κ2) is 13.2. The fourth-order valence-electron chi connectivity index (χ4n) is 6.92. The third-order valence-electron chi connectivity index (χ3n) is 9.30. The SMILES string of the molecule is C=CC(=O)Nc1cc(Nc2ncc3cc(Oc4cnn(C)c4)c(OC4CCN(C(C)=O)C4)nc3n2)c(OC)cc1N1C[C@H]2CN(C)C[C@H]2C1. The third kappa shape index (κ3) is 6.79. The van der Waals surface area contributed by atoms with Crippen molar-refractivity contribution in [1.29, 1.82) is 0 Å². The number of aromatic nitrogens is 5. The highest BCUT2D eigenvalue weighted by Crippen LogP contribution is 2.42. The number of benzene rings is 1. The highest BCUT2D eigenvalue weighted by molar-refractivity contribution is 6.02. The van der Waals surface area contributed by atoms with Crippen LogP contribution in [0.5, 0.6) is 23.1 Å². The van der Waals surface area contributed by atoms with Crippen molar-refractivity contribution in [3.8, 4) is 23.1 Å². The molecular weight excluding hydrogens is 628 g/mol. The van der Waals surface area contributed by atoms with E-state index in [1.165, 1.54) is 6.08 Å². The standard InChI is InChI=1S/C34H40N10O5/c1-6-31(46)37-26-10-27(29(47-5)11-28(26)44-16-22-14-41(3)15-23(22)17-44)38-34-35-12-21-9-30(48-25-13-36-42(4)18-25)33(39-32(21)40-34)49-24-7-8-43(19-24)20(2)45/h6,9-13,18,22-24H,1,7-8,14-17,19H2,2-5H3,(H,37,46)(H,35,38,39,40)/t22-,23+,24?. The van der Waals surface area contributed by atoms with Gasteiger partial charge in [0.05, 0.1) is 43.1 Å². The predicted octanol–water partition coefficient (Wildman–Crippen LogP) is 3.42. The molecule has 1 unspecified atom stereocenters. The van der Waals surface area contributed by atoms with E-state index < -0.39 is 0 Å². The molecule has 4 aromatic rings. The Morgan fingerprint density at radius 3 is 2.47 bits per heavy atom. The Bertz CT molecular complexity index is 1900. The van der Waals surface area contributed by atoms with Gasteiger partial charge in [0.1, 0.15) is 11.9 Å². The number of ether oxygens (including phenoxy) is 3. The van der Waals surface area contributed by atoms with Crippen LogP contribution in [0.15, 0.2) is 49.4 Å². The van der Waals surface area contributed by atoms with Crippen LogP contribution in [0.1, 0.15) is 13.3 Å². The molecule has 3 atom stereocenters. The van der Waals surface area contributed by atoms with Crippen molar-refractivity contribution in [2.75, 3.05) is 69.0 Å². The largest absolute Gasteiger partial charge is 0.494 e. The summed E-state index contributed by atoms with van der Waals surface area (Å²) in [7, 11) is 5.56. The van der Waals surface area contributed by atoms with Gasteiger partial charge in [-0.15, -0.1) is 0 Å². The van der Waals surface area contributed by atoms with E-state index >= 15 is 0 Å². The molecule has 0 spiro atoms. The highest BCUT2D eigenvalue weighted by atomic mass is 16.5. The number of fused-ring (bicyclic) bond motifs is 2. The molecule has 15 nitrogen and oxygen atoms in total. The van der Waals surface area contributed by atoms with E-state index in [0.717, 1.165) is 31.9 Å². The maximum absolute atomic E-state index is 12.5. The Morgan fingerprint density at radius 2 is 1.80 bits per heavy atom. The van der Waals surface area contributed by atoms with Gasteiger partial charge in [-0.05, 0) is 37.1 Å². The van der Waals surface area contributed by atoms with Crippen LogP contribution >= 0.6 is 0 Å². The number of nitrogens with zero attached hydrogens (tertiary/aromatic N) is 8. The third-order valence-corrected chi connectivity index (χ3v) is 9.30. The van der Waals surface area contributed by atoms with Crippen LogP contribution in [0.25, 0.3) is 11.0 Å². The van der Waals surface area contributed by atoms with Crippen molar-refractivity contribution in [2.24, 2.45) is 18.9 Å². The minimum Gasteiger partial charge on any atom is -0.494 e. The lowest BCUT2D eigenvalue weighted by molar-refractivity contribution is -0.128. The zero-order chi connectivity index (χ0) is 34.2. The van der Waals surface area contributed by atoms with E-state index in [0.29, 0.717) is 71.0 Å². The topological polar surface area (TPSA) is 152 Å². The molecule has 0 radical (unpaired) electrons. The molecule has 6 heterocycles. The zero-order valence-corrected chi connectivity index (χ0v) is 28.0. The van der Waals surface area contributed by atoms with Crippen molar-refractivity contribution < 1.29 is 23.8 Å². The quantitative estimate of drug-likeness (QED) is 0.238. The number of aryl methyl sites for hydroxylation is 1. The van der Waals surface area contributed by atoms with Gasteiger partial charge in [0.2, 0.25) is 17.8 Å². The minimum atomic E-state index is -0.312. The number of methoxy groups -OCH3 is 1. The van der Waals surface area contributed by atoms with Crippen LogP contribution < -0.4 is 29.7 Å². The Hall–Kier alpha value is -5.44. The number of amides is 2. The lowest BCUT2D eigenvalue weighted by Crippen LogP contribution is -2.28. The van der Waals surface area contributed by atoms with Crippen LogP contribution in [-0.4, -0.2) is 106 Å². The van der Waals surface area contributed by atoms with Gasteiger partial charge < -0.3 is 39.5 Å². The molecule has 3 aliphatic rings. The van der Waals surface area contributed by atoms with Gasteiger partial charge in [0, 0.05) is 70.8 Å². The number of anilines is 4. The summed E-state index contributed by atoms with van der Waals surface area (Å²) in [6, 6.07) is 5.54. The molecule has 0 saturated carbocycles. The molecule has 15 heteroatoms. The molecule has 2 amide bonds. The molecule has 3 saturated heterocycles. The van der Waals surface area contributed by atoms with Crippen LogP contribution in [-0.2, 0) is 16.6 Å². The number of carbonyl (C=O) groups is 2. The van der Waals surface area contributed by atoms with Crippen LogP contribution in [0.4, 0.5) is 23.0 Å². The summed E-state index contributed by atoms with van der Waals surface area (Å²) in [5, 5.41) is 11.1. The average molecular weight is 669 g/mol. The summed E-state index contributed by atoms with van der Waals surface area (Å²) in [6.07, 6.45) is 6.64. The van der Waals surface area contributed by atoms with Gasteiger partial charge in [-0.2, -0.15) is 15.1 Å². The predicted molar refractivity (Wildman–Crippen MR) is 184 cm³/mol. The Balaban J connectivity index is 1.20. The monoisotopic (exact) mass is 668 g/mol. The molecule has 256 valence electrons. The smallest absolute Gasteiger partial charge is 0.260 e. The van der Waals surface area contributed by atoms with E-state index in [9.17, 15) is 9.59 Å². The van der Waals surface area contributed by atoms with Gasteiger partial charge in [0.25, 0.3) is 5.88 Å². The van der Waals surface area contributed by atoms with E-state index in [1.54, 1.807) is 55.3 Å². The molecule has 0 aliphatic carbocycles. The van der Waals surface area contributed by atoms with Gasteiger partial charge in [-0.3, -0.25) is 14.3 Å². The number of pyridine rings is 1. The molecule has 3 fully saturated rings. The summed E-state index contributed by atoms with van der Waals surface area (Å²) in [5.41, 5.74) is 2.45. The Morgan fingerprint density at radius 1 is 1.00 bits per heavy atom. The van der Waals surface area contributed by atoms with Crippen molar-refractivity contribution in [3.05, 3.63) is 49.4 Å². The van der Waals surface area contributed by atoms with Gasteiger partial charge in [-0.25, -0.2) is 4.98 Å². The molecule has 49 heavy (non-hydrogen) atoms. The minimum absolute atomic E-state index is 0.000593. The first-order chi connectivity index (χ1) is 23.6. The zero-order valence-electron chi connectivity index (χ0n) is 28.0. The normalized spacial score (nSPS) is 20.4. The van der Waals surface area contributed by atoms with E-state index in [1.807, 2.05) is 12.1 Å². The maximum Gasteiger partial charge on any atom is 0.260 e. The molecule has 1 aromatic carbocycles. The second-order valence-electron chi connectivity index (χ2n) is 12.9. The molecular formula is C34H40N10O5. The molecule has 7 rings (SSSR count). The highest BCUT2D eigenvalue weighted by Gasteiger charge is 2.39. The van der Waals surface area contributed by atoms with Crippen LogP contribution in [0, 0.1) is 11.8 Å². The lowest BCUT2D eigenvalue weighted by atomic mass is 10.0. The number of nitrogens with one attached hydrogen (secondary N) is 2. The van der Waals surface area contributed by atoms with Gasteiger partial charge in [0.15, 0.2) is 17.1 Å². The second-order valence-corrected chi connectivity index (χ2v) is 12.9. The summed E-state index contributed by atoms with van der Waals surface area (Å²) in [5.74, 6) is 2.80. The number of hydrogen-bond donors (Lipinski definition) is 2. The number of hydrogen-bond acceptors (Lipinski definition) is 12. The summed E-state index contributed by atoms with van der Waals surface area (Å²) >= 11 is 0. The van der Waals surface area contributed by atoms with E-state index in [4.69, 9.17) is 24.2 Å². The Kier molecular flexibility index (Phi) is 8.67. The number of carbonyl (C=O) groups excluding carboxylic acids is 2. The first kappa shape index (κ1) is 32.1. The van der Waals surface area contributed by atoms with Crippen molar-refractivity contribution >= 4 is 45.9 Å². The van der Waals surface area contributed by atoms with Crippen LogP contribution in [0.3, 0.4) is 0 Å². The van der Waals surface area contributed by atoms with Gasteiger partial charge >= 0.3 is 0 Å². The van der Waals surface area contributed by atoms with Crippen molar-refractivity contribution in [3.63, 3.8) is 0 Å². The number of likely N-dealkylation sites (tertiary alicyclic amines) is 2. The molecule has 0 bridgehead atoms. The van der Waals surface area contributed by atoms with Crippen molar-refractivity contribution in [1.82, 2.24) is 34.5 Å². The maximum atomic E-state index is 12.5. The molecule has 2 N–H and O–H groups in total. The molecule has 3 aliphatic heterocycles. The van der Waals surface area contributed by atoms with Crippen molar-refractivity contribution in [2.45, 2.75) is 19.4 Å². The first-order valence-electron chi connectivity index (χ1n) is 16.3. The summed E-state index contributed by atoms with van der Waals surface area (Å²) in [6.45, 7) is 10.1. The first-order valence-corrected chi connectivity index (χ1v) is 16.3. The fraction of sp³-hybridized carbons (Fsp3) is 0.412. The average Bonchev–Trinajstić information content (AvgIpc) is 3.87. The Labute approximate surface area is 283 Å². The van der Waals surface area contributed by atoms with E-state index in [2.05, 4.69) is 44.1 Å². The summed E-state index contributed by atoms with van der Waals surface area (Å²) < 4.78 is 19.9. The fourth-order valence-corrected chi connectivity index (χ4v) is 6.92. The molecule has 3 aromatic heterocycles. The van der Waals surface area contributed by atoms with Gasteiger partial charge in [-0.1, -0.05) is 6.58 Å². The summed E-state index contributed by atoms with van der Waals surface area (Å²) in [4.78, 5) is 44.9. The van der Waals surface area contributed by atoms with E-state index in [-0.39, 0.29) is 29.7 Å². The number of rotatable bonds is 10. The lowest BCUT2D eigenvalue weighted by Gasteiger charge is -2.26.